The van der Waals surface area contributed by atoms with Crippen molar-refractivity contribution < 1.29 is 9.90 Å². The van der Waals surface area contributed by atoms with Gasteiger partial charge >= 0.3 is 0 Å². The van der Waals surface area contributed by atoms with Crippen molar-refractivity contribution in [3.8, 4) is 0 Å². The van der Waals surface area contributed by atoms with Crippen LogP contribution in [-0.4, -0.2) is 28.1 Å². The lowest BCUT2D eigenvalue weighted by Crippen LogP contribution is -2.46. The number of rotatable bonds is 4. The Morgan fingerprint density at radius 2 is 2.38 bits per heavy atom. The highest BCUT2D eigenvalue weighted by molar-refractivity contribution is 7.11. The average molecular weight is 240 g/mol. The van der Waals surface area contributed by atoms with Crippen molar-refractivity contribution in [2.75, 3.05) is 6.61 Å². The van der Waals surface area contributed by atoms with Gasteiger partial charge in [0.1, 0.15) is 4.88 Å². The fraction of sp³-hybridized carbons (Fsp3) is 0.636. The molecule has 2 N–H and O–H groups in total. The smallest absolute Gasteiger partial charge is 0.263 e. The van der Waals surface area contributed by atoms with Crippen LogP contribution in [0, 0.1) is 0 Å². The minimum atomic E-state index is -0.581. The second kappa shape index (κ2) is 4.14. The highest BCUT2D eigenvalue weighted by atomic mass is 32.1. The monoisotopic (exact) mass is 240 g/mol. The topological polar surface area (TPSA) is 62.2 Å². The van der Waals surface area contributed by atoms with Crippen LogP contribution in [0.4, 0.5) is 0 Å². The molecule has 0 atom stereocenters. The van der Waals surface area contributed by atoms with Crippen LogP contribution in [0.2, 0.25) is 0 Å². The van der Waals surface area contributed by atoms with E-state index in [0.717, 1.165) is 18.5 Å². The number of hydrogen-bond acceptors (Lipinski definition) is 4. The molecule has 0 saturated heterocycles. The summed E-state index contributed by atoms with van der Waals surface area (Å²) >= 11 is 1.37. The van der Waals surface area contributed by atoms with Crippen LogP contribution in [0.3, 0.4) is 0 Å². The molecule has 16 heavy (non-hydrogen) atoms. The standard InChI is InChI=1S/C11H16N2O2S/c1-11(2,5-14)13-10(15)9-8(7-3-4-7)12-6-16-9/h6-7,14H,3-5H2,1-2H3,(H,13,15). The number of aliphatic hydroxyl groups is 1. The van der Waals surface area contributed by atoms with E-state index in [9.17, 15) is 4.79 Å². The largest absolute Gasteiger partial charge is 0.394 e. The third kappa shape index (κ3) is 2.41. The Hall–Kier alpha value is -0.940. The van der Waals surface area contributed by atoms with Crippen LogP contribution >= 0.6 is 11.3 Å². The summed E-state index contributed by atoms with van der Waals surface area (Å²) in [6, 6.07) is 0. The molecule has 1 saturated carbocycles. The normalized spacial score (nSPS) is 16.2. The highest BCUT2D eigenvalue weighted by Gasteiger charge is 2.31. The predicted octanol–water partition coefficient (Wildman–Crippen LogP) is 1.52. The van der Waals surface area contributed by atoms with Crippen molar-refractivity contribution >= 4 is 17.2 Å². The molecule has 0 spiro atoms. The molecule has 1 aliphatic rings. The fourth-order valence-electron chi connectivity index (χ4n) is 1.48. The van der Waals surface area contributed by atoms with E-state index >= 15 is 0 Å². The van der Waals surface area contributed by atoms with Gasteiger partial charge in [-0.2, -0.15) is 0 Å². The van der Waals surface area contributed by atoms with Crippen LogP contribution in [0.25, 0.3) is 0 Å². The Morgan fingerprint density at radius 3 is 2.94 bits per heavy atom. The van der Waals surface area contributed by atoms with E-state index < -0.39 is 5.54 Å². The zero-order valence-corrected chi connectivity index (χ0v) is 10.3. The molecule has 0 bridgehead atoms. The lowest BCUT2D eigenvalue weighted by Gasteiger charge is -2.23. The number of aliphatic hydroxyl groups excluding tert-OH is 1. The quantitative estimate of drug-likeness (QED) is 0.838. The molecule has 2 rings (SSSR count). The van der Waals surface area contributed by atoms with E-state index in [2.05, 4.69) is 10.3 Å². The fourth-order valence-corrected chi connectivity index (χ4v) is 2.25. The van der Waals surface area contributed by atoms with Crippen molar-refractivity contribution in [1.82, 2.24) is 10.3 Å². The summed E-state index contributed by atoms with van der Waals surface area (Å²) in [5.41, 5.74) is 2.06. The Labute approximate surface area is 98.7 Å². The molecule has 4 nitrogen and oxygen atoms in total. The number of nitrogens with zero attached hydrogens (tertiary/aromatic N) is 1. The maximum absolute atomic E-state index is 12.0. The molecule has 1 aliphatic carbocycles. The molecule has 1 aromatic heterocycles. The van der Waals surface area contributed by atoms with Crippen molar-refractivity contribution in [2.24, 2.45) is 0 Å². The van der Waals surface area contributed by atoms with Crippen LogP contribution in [-0.2, 0) is 0 Å². The number of aromatic nitrogens is 1. The summed E-state index contributed by atoms with van der Waals surface area (Å²) < 4.78 is 0. The van der Waals surface area contributed by atoms with Crippen molar-refractivity contribution in [3.63, 3.8) is 0 Å². The summed E-state index contributed by atoms with van der Waals surface area (Å²) in [6.45, 7) is 3.52. The molecular weight excluding hydrogens is 224 g/mol. The Balaban J connectivity index is 2.11. The molecule has 0 radical (unpaired) electrons. The van der Waals surface area contributed by atoms with Crippen molar-refractivity contribution in [3.05, 3.63) is 16.1 Å². The van der Waals surface area contributed by atoms with Crippen LogP contribution < -0.4 is 5.32 Å². The van der Waals surface area contributed by atoms with Gasteiger partial charge < -0.3 is 10.4 Å². The van der Waals surface area contributed by atoms with Gasteiger partial charge in [0.25, 0.3) is 5.91 Å². The number of amides is 1. The van der Waals surface area contributed by atoms with Crippen molar-refractivity contribution in [1.29, 1.82) is 0 Å². The van der Waals surface area contributed by atoms with E-state index in [1.807, 2.05) is 0 Å². The van der Waals surface area contributed by atoms with Crippen LogP contribution in [0.5, 0.6) is 0 Å². The summed E-state index contributed by atoms with van der Waals surface area (Å²) in [5.74, 6) is 0.354. The number of thiazole rings is 1. The maximum Gasteiger partial charge on any atom is 0.263 e. The van der Waals surface area contributed by atoms with Gasteiger partial charge in [-0.3, -0.25) is 4.79 Å². The average Bonchev–Trinajstić information content (AvgIpc) is 2.95. The third-order valence-electron chi connectivity index (χ3n) is 2.61. The van der Waals surface area contributed by atoms with Gasteiger partial charge in [0.2, 0.25) is 0 Å². The van der Waals surface area contributed by atoms with Gasteiger partial charge in [-0.25, -0.2) is 4.98 Å². The van der Waals surface area contributed by atoms with Crippen molar-refractivity contribution in [2.45, 2.75) is 38.1 Å². The van der Waals surface area contributed by atoms with E-state index in [1.54, 1.807) is 19.4 Å². The molecule has 1 heterocycles. The van der Waals surface area contributed by atoms with Gasteiger partial charge in [0, 0.05) is 5.92 Å². The van der Waals surface area contributed by atoms with Gasteiger partial charge in [0.05, 0.1) is 23.4 Å². The summed E-state index contributed by atoms with van der Waals surface area (Å²) in [4.78, 5) is 16.9. The minimum Gasteiger partial charge on any atom is -0.394 e. The molecule has 88 valence electrons. The first-order valence-corrected chi connectivity index (χ1v) is 6.28. The number of nitrogens with one attached hydrogen (secondary N) is 1. The first-order chi connectivity index (χ1) is 7.53. The van der Waals surface area contributed by atoms with Gasteiger partial charge in [-0.05, 0) is 26.7 Å². The van der Waals surface area contributed by atoms with E-state index in [-0.39, 0.29) is 12.5 Å². The zero-order chi connectivity index (χ0) is 11.8. The van der Waals surface area contributed by atoms with Gasteiger partial charge in [-0.1, -0.05) is 0 Å². The summed E-state index contributed by atoms with van der Waals surface area (Å²) in [6.07, 6.45) is 2.26. The maximum atomic E-state index is 12.0. The SMILES string of the molecule is CC(C)(CO)NC(=O)c1scnc1C1CC1. The lowest BCUT2D eigenvalue weighted by atomic mass is 10.1. The molecule has 0 unspecified atom stereocenters. The second-order valence-corrected chi connectivity index (χ2v) is 5.69. The Morgan fingerprint density at radius 1 is 1.69 bits per heavy atom. The number of carbonyl (C=O) groups is 1. The molecular formula is C11H16N2O2S. The molecule has 1 fully saturated rings. The van der Waals surface area contributed by atoms with E-state index in [1.165, 1.54) is 11.3 Å². The first-order valence-electron chi connectivity index (χ1n) is 5.40. The van der Waals surface area contributed by atoms with Gasteiger partial charge in [-0.15, -0.1) is 11.3 Å². The molecule has 0 aromatic carbocycles. The van der Waals surface area contributed by atoms with Crippen LogP contribution in [0.1, 0.15) is 48.0 Å². The Kier molecular flexibility index (Phi) is 2.99. The summed E-state index contributed by atoms with van der Waals surface area (Å²) in [7, 11) is 0. The number of carbonyl (C=O) groups excluding carboxylic acids is 1. The molecule has 0 aliphatic heterocycles. The number of hydrogen-bond donors (Lipinski definition) is 2. The molecule has 5 heteroatoms. The third-order valence-corrected chi connectivity index (χ3v) is 3.45. The van der Waals surface area contributed by atoms with Gasteiger partial charge in [0.15, 0.2) is 0 Å². The summed E-state index contributed by atoms with van der Waals surface area (Å²) in [5, 5.41) is 11.9. The lowest BCUT2D eigenvalue weighted by molar-refractivity contribution is 0.0872. The minimum absolute atomic E-state index is 0.0731. The first kappa shape index (κ1) is 11.5. The zero-order valence-electron chi connectivity index (χ0n) is 9.49. The molecule has 1 aromatic rings. The second-order valence-electron chi connectivity index (χ2n) is 4.84. The molecule has 1 amide bonds. The predicted molar refractivity (Wildman–Crippen MR) is 62.7 cm³/mol. The van der Waals surface area contributed by atoms with E-state index in [0.29, 0.717) is 10.8 Å². The Bertz CT molecular complexity index is 396. The highest BCUT2D eigenvalue weighted by Crippen LogP contribution is 2.41. The van der Waals surface area contributed by atoms with Crippen LogP contribution in [0.15, 0.2) is 5.51 Å². The van der Waals surface area contributed by atoms with E-state index in [4.69, 9.17) is 5.11 Å².